The molecule has 1 aromatic heterocycles. The van der Waals surface area contributed by atoms with Gasteiger partial charge in [-0.15, -0.1) is 0 Å². The third kappa shape index (κ3) is 2.78. The minimum atomic E-state index is 0.0579. The van der Waals surface area contributed by atoms with Gasteiger partial charge in [-0.3, -0.25) is 9.88 Å². The van der Waals surface area contributed by atoms with E-state index in [9.17, 15) is 0 Å². The number of rotatable bonds is 3. The van der Waals surface area contributed by atoms with Crippen molar-refractivity contribution < 1.29 is 5.21 Å². The van der Waals surface area contributed by atoms with Crippen LogP contribution in [0.1, 0.15) is 19.0 Å². The maximum atomic E-state index is 8.85. The van der Waals surface area contributed by atoms with Gasteiger partial charge in [0.25, 0.3) is 0 Å². The second-order valence-corrected chi connectivity index (χ2v) is 4.85. The van der Waals surface area contributed by atoms with Gasteiger partial charge in [0, 0.05) is 31.9 Å². The van der Waals surface area contributed by atoms with Gasteiger partial charge in [-0.05, 0) is 25.6 Å². The topological polar surface area (TPSA) is 78.0 Å². The predicted octanol–water partition coefficient (Wildman–Crippen LogP) is 0.707. The van der Waals surface area contributed by atoms with Crippen LogP contribution in [0.5, 0.6) is 0 Å². The molecule has 1 aromatic rings. The fourth-order valence-electron chi connectivity index (χ4n) is 2.50. The van der Waals surface area contributed by atoms with Crippen molar-refractivity contribution in [1.82, 2.24) is 9.88 Å². The second kappa shape index (κ2) is 5.88. The highest BCUT2D eigenvalue weighted by Gasteiger charge is 2.25. The van der Waals surface area contributed by atoms with E-state index >= 15 is 0 Å². The van der Waals surface area contributed by atoms with Crippen molar-refractivity contribution in [3.05, 3.63) is 24.0 Å². The van der Waals surface area contributed by atoms with Gasteiger partial charge in [0.05, 0.1) is 5.69 Å². The standard InChI is InChI=1S/C13H21N5O/c1-3-10-9-18(8-7-17(10)2)11-5-4-6-15-12(11)13(14)16-19/h4-6,10,19H,3,7-9H2,1-2H3,(H2,14,16). The van der Waals surface area contributed by atoms with E-state index in [1.54, 1.807) is 6.20 Å². The first-order valence-electron chi connectivity index (χ1n) is 6.55. The van der Waals surface area contributed by atoms with E-state index in [0.717, 1.165) is 31.7 Å². The number of anilines is 1. The van der Waals surface area contributed by atoms with Gasteiger partial charge in [0.15, 0.2) is 5.84 Å². The maximum Gasteiger partial charge on any atom is 0.190 e. The van der Waals surface area contributed by atoms with Crippen LogP contribution in [-0.4, -0.2) is 53.7 Å². The Morgan fingerprint density at radius 3 is 3.05 bits per heavy atom. The zero-order valence-corrected chi connectivity index (χ0v) is 11.5. The Balaban J connectivity index is 2.27. The molecule has 1 fully saturated rings. The fraction of sp³-hybridized carbons (Fsp3) is 0.538. The first-order valence-corrected chi connectivity index (χ1v) is 6.55. The van der Waals surface area contributed by atoms with Crippen LogP contribution in [0.3, 0.4) is 0 Å². The SMILES string of the molecule is CCC1CN(c2cccnc2/C(N)=N/O)CCN1C. The first-order chi connectivity index (χ1) is 9.17. The van der Waals surface area contributed by atoms with E-state index in [2.05, 4.69) is 33.9 Å². The number of piperazine rings is 1. The Hall–Kier alpha value is -1.82. The lowest BCUT2D eigenvalue weighted by Crippen LogP contribution is -2.51. The number of pyridine rings is 1. The molecule has 2 heterocycles. The molecule has 0 aliphatic carbocycles. The number of hydrogen-bond acceptors (Lipinski definition) is 5. The molecule has 0 amide bonds. The normalized spacial score (nSPS) is 21.7. The molecule has 6 nitrogen and oxygen atoms in total. The summed E-state index contributed by atoms with van der Waals surface area (Å²) in [6, 6.07) is 4.37. The molecule has 1 aliphatic rings. The van der Waals surface area contributed by atoms with Crippen molar-refractivity contribution in [3.8, 4) is 0 Å². The predicted molar refractivity (Wildman–Crippen MR) is 75.7 cm³/mol. The van der Waals surface area contributed by atoms with Crippen LogP contribution in [0.15, 0.2) is 23.5 Å². The minimum Gasteiger partial charge on any atom is -0.409 e. The summed E-state index contributed by atoms with van der Waals surface area (Å²) in [5.41, 5.74) is 7.18. The van der Waals surface area contributed by atoms with Crippen LogP contribution in [-0.2, 0) is 0 Å². The first kappa shape index (κ1) is 13.6. The average Bonchev–Trinajstić information content (AvgIpc) is 2.47. The van der Waals surface area contributed by atoms with E-state index in [4.69, 9.17) is 10.9 Å². The van der Waals surface area contributed by atoms with Gasteiger partial charge in [0.2, 0.25) is 0 Å². The molecular formula is C13H21N5O. The number of nitrogens with two attached hydrogens (primary N) is 1. The molecule has 104 valence electrons. The van der Waals surface area contributed by atoms with E-state index in [0.29, 0.717) is 11.7 Å². The number of amidine groups is 1. The molecule has 19 heavy (non-hydrogen) atoms. The summed E-state index contributed by atoms with van der Waals surface area (Å²) < 4.78 is 0. The number of hydrogen-bond donors (Lipinski definition) is 2. The van der Waals surface area contributed by atoms with Crippen LogP contribution in [0.4, 0.5) is 5.69 Å². The smallest absolute Gasteiger partial charge is 0.190 e. The zero-order chi connectivity index (χ0) is 13.8. The van der Waals surface area contributed by atoms with Gasteiger partial charge in [-0.1, -0.05) is 12.1 Å². The second-order valence-electron chi connectivity index (χ2n) is 4.85. The van der Waals surface area contributed by atoms with Gasteiger partial charge < -0.3 is 15.8 Å². The van der Waals surface area contributed by atoms with Crippen molar-refractivity contribution in [2.24, 2.45) is 10.9 Å². The van der Waals surface area contributed by atoms with Crippen molar-refractivity contribution in [2.45, 2.75) is 19.4 Å². The molecule has 0 aromatic carbocycles. The number of aromatic nitrogens is 1. The average molecular weight is 263 g/mol. The van der Waals surface area contributed by atoms with Crippen molar-refractivity contribution in [2.75, 3.05) is 31.6 Å². The molecule has 1 atom stereocenters. The van der Waals surface area contributed by atoms with Gasteiger partial charge in [-0.2, -0.15) is 0 Å². The van der Waals surface area contributed by atoms with Crippen molar-refractivity contribution in [1.29, 1.82) is 0 Å². The van der Waals surface area contributed by atoms with Crippen LogP contribution < -0.4 is 10.6 Å². The van der Waals surface area contributed by atoms with E-state index in [1.165, 1.54) is 0 Å². The number of likely N-dealkylation sites (N-methyl/N-ethyl adjacent to an activating group) is 1. The van der Waals surface area contributed by atoms with Gasteiger partial charge >= 0.3 is 0 Å². The fourth-order valence-corrected chi connectivity index (χ4v) is 2.50. The Morgan fingerprint density at radius 1 is 1.58 bits per heavy atom. The molecule has 0 radical (unpaired) electrons. The Labute approximate surface area is 113 Å². The van der Waals surface area contributed by atoms with Gasteiger partial charge in [0.1, 0.15) is 5.69 Å². The minimum absolute atomic E-state index is 0.0579. The lowest BCUT2D eigenvalue weighted by Gasteiger charge is -2.40. The Morgan fingerprint density at radius 2 is 2.37 bits per heavy atom. The van der Waals surface area contributed by atoms with E-state index in [1.807, 2.05) is 12.1 Å². The van der Waals surface area contributed by atoms with Gasteiger partial charge in [-0.25, -0.2) is 0 Å². The lowest BCUT2D eigenvalue weighted by atomic mass is 10.1. The quantitative estimate of drug-likeness (QED) is 0.363. The molecule has 1 aliphatic heterocycles. The largest absolute Gasteiger partial charge is 0.409 e. The van der Waals surface area contributed by atoms with E-state index in [-0.39, 0.29) is 5.84 Å². The summed E-state index contributed by atoms with van der Waals surface area (Å²) in [7, 11) is 2.15. The summed E-state index contributed by atoms with van der Waals surface area (Å²) in [5, 5.41) is 11.9. The molecule has 0 spiro atoms. The molecule has 6 heteroatoms. The third-order valence-corrected chi connectivity index (χ3v) is 3.73. The lowest BCUT2D eigenvalue weighted by molar-refractivity contribution is 0.213. The highest BCUT2D eigenvalue weighted by molar-refractivity contribution is 6.00. The molecule has 1 saturated heterocycles. The number of nitrogens with zero attached hydrogens (tertiary/aromatic N) is 4. The van der Waals surface area contributed by atoms with Crippen molar-refractivity contribution >= 4 is 11.5 Å². The molecule has 3 N–H and O–H groups in total. The van der Waals surface area contributed by atoms with Crippen LogP contribution >= 0.6 is 0 Å². The van der Waals surface area contributed by atoms with Crippen LogP contribution in [0.2, 0.25) is 0 Å². The highest BCUT2D eigenvalue weighted by Crippen LogP contribution is 2.22. The molecule has 1 unspecified atom stereocenters. The summed E-state index contributed by atoms with van der Waals surface area (Å²) in [5.74, 6) is 0.0579. The Bertz CT molecular complexity index is 462. The molecule has 0 bridgehead atoms. The number of oxime groups is 1. The van der Waals surface area contributed by atoms with E-state index < -0.39 is 0 Å². The van der Waals surface area contributed by atoms with Crippen LogP contribution in [0.25, 0.3) is 0 Å². The van der Waals surface area contributed by atoms with Crippen LogP contribution in [0, 0.1) is 0 Å². The maximum absolute atomic E-state index is 8.85. The zero-order valence-electron chi connectivity index (χ0n) is 11.5. The van der Waals surface area contributed by atoms with Crippen molar-refractivity contribution in [3.63, 3.8) is 0 Å². The highest BCUT2D eigenvalue weighted by atomic mass is 16.4. The monoisotopic (exact) mass is 263 g/mol. The molecular weight excluding hydrogens is 242 g/mol. The molecule has 2 rings (SSSR count). The summed E-state index contributed by atoms with van der Waals surface area (Å²) in [6.45, 7) is 5.05. The third-order valence-electron chi connectivity index (χ3n) is 3.73. The molecule has 0 saturated carbocycles. The Kier molecular flexibility index (Phi) is 4.21. The summed E-state index contributed by atoms with van der Waals surface area (Å²) >= 11 is 0. The summed E-state index contributed by atoms with van der Waals surface area (Å²) in [6.07, 6.45) is 2.76. The summed E-state index contributed by atoms with van der Waals surface area (Å²) in [4.78, 5) is 8.85.